The van der Waals surface area contributed by atoms with Crippen LogP contribution in [0.15, 0.2) is 0 Å². The summed E-state index contributed by atoms with van der Waals surface area (Å²) in [6.45, 7) is 2.36. The fourth-order valence-corrected chi connectivity index (χ4v) is 2.50. The van der Waals surface area contributed by atoms with E-state index in [1.165, 1.54) is 0 Å². The second-order valence-electron chi connectivity index (χ2n) is 4.76. The van der Waals surface area contributed by atoms with Crippen molar-refractivity contribution in [3.05, 3.63) is 0 Å². The molecule has 0 aromatic carbocycles. The van der Waals surface area contributed by atoms with Crippen molar-refractivity contribution >= 4 is 22.0 Å². The van der Waals surface area contributed by atoms with Gasteiger partial charge in [-0.3, -0.25) is 19.0 Å². The SMILES string of the molecule is O=C(O)CCCC(=O)N1CCN(CCS(=O)(=O)O)CC1. The molecule has 1 rings (SSSR count). The van der Waals surface area contributed by atoms with Crippen molar-refractivity contribution in [2.45, 2.75) is 19.3 Å². The van der Waals surface area contributed by atoms with Crippen molar-refractivity contribution in [2.24, 2.45) is 0 Å². The van der Waals surface area contributed by atoms with Crippen molar-refractivity contribution in [3.8, 4) is 0 Å². The zero-order chi connectivity index (χ0) is 15.2. The van der Waals surface area contributed by atoms with Crippen LogP contribution in [0.2, 0.25) is 0 Å². The highest BCUT2D eigenvalue weighted by molar-refractivity contribution is 7.85. The number of carboxylic acid groups (broad SMARTS) is 1. The largest absolute Gasteiger partial charge is 0.481 e. The highest BCUT2D eigenvalue weighted by Crippen LogP contribution is 2.06. The van der Waals surface area contributed by atoms with Crippen LogP contribution in [0.3, 0.4) is 0 Å². The lowest BCUT2D eigenvalue weighted by Gasteiger charge is -2.34. The molecule has 20 heavy (non-hydrogen) atoms. The molecule has 9 heteroatoms. The summed E-state index contributed by atoms with van der Waals surface area (Å²) in [7, 11) is -3.95. The molecule has 0 unspecified atom stereocenters. The minimum atomic E-state index is -3.95. The summed E-state index contributed by atoms with van der Waals surface area (Å²) in [5, 5.41) is 8.50. The highest BCUT2D eigenvalue weighted by Gasteiger charge is 2.21. The lowest BCUT2D eigenvalue weighted by molar-refractivity contribution is -0.137. The van der Waals surface area contributed by atoms with Gasteiger partial charge in [0, 0.05) is 45.6 Å². The number of rotatable bonds is 7. The zero-order valence-corrected chi connectivity index (χ0v) is 12.0. The lowest BCUT2D eigenvalue weighted by atomic mass is 10.2. The molecular weight excluding hydrogens is 288 g/mol. The van der Waals surface area contributed by atoms with Crippen LogP contribution < -0.4 is 0 Å². The summed E-state index contributed by atoms with van der Waals surface area (Å²) in [4.78, 5) is 25.7. The average molecular weight is 308 g/mol. The predicted octanol–water partition coefficient (Wildman–Crippen LogP) is -0.727. The Bertz CT molecular complexity index is 442. The number of amides is 1. The van der Waals surface area contributed by atoms with Gasteiger partial charge in [0.1, 0.15) is 0 Å². The summed E-state index contributed by atoms with van der Waals surface area (Å²) in [5.41, 5.74) is 0. The average Bonchev–Trinajstić information content (AvgIpc) is 2.35. The second kappa shape index (κ2) is 7.55. The molecule has 0 bridgehead atoms. The molecule has 1 fully saturated rings. The number of hydrogen-bond donors (Lipinski definition) is 2. The van der Waals surface area contributed by atoms with E-state index in [1.54, 1.807) is 4.90 Å². The van der Waals surface area contributed by atoms with E-state index in [0.29, 0.717) is 32.6 Å². The Morgan fingerprint density at radius 1 is 1.05 bits per heavy atom. The highest BCUT2D eigenvalue weighted by atomic mass is 32.2. The van der Waals surface area contributed by atoms with E-state index >= 15 is 0 Å². The Kier molecular flexibility index (Phi) is 6.37. The molecule has 8 nitrogen and oxygen atoms in total. The molecule has 0 spiro atoms. The van der Waals surface area contributed by atoms with Gasteiger partial charge in [-0.2, -0.15) is 8.42 Å². The summed E-state index contributed by atoms with van der Waals surface area (Å²) >= 11 is 0. The molecular formula is C11H20N2O6S. The molecule has 0 atom stereocenters. The van der Waals surface area contributed by atoms with E-state index in [-0.39, 0.29) is 31.0 Å². The van der Waals surface area contributed by atoms with Gasteiger partial charge in [0.2, 0.25) is 5.91 Å². The molecule has 0 aromatic heterocycles. The number of nitrogens with zero attached hydrogens (tertiary/aromatic N) is 2. The number of aliphatic carboxylic acids is 1. The first-order chi connectivity index (χ1) is 9.28. The maximum absolute atomic E-state index is 11.8. The first-order valence-electron chi connectivity index (χ1n) is 6.45. The Morgan fingerprint density at radius 3 is 2.15 bits per heavy atom. The summed E-state index contributed by atoms with van der Waals surface area (Å²) in [6, 6.07) is 0. The molecule has 0 aromatic rings. The van der Waals surface area contributed by atoms with Crippen LogP contribution >= 0.6 is 0 Å². The molecule has 1 aliphatic rings. The van der Waals surface area contributed by atoms with E-state index in [4.69, 9.17) is 9.66 Å². The first-order valence-corrected chi connectivity index (χ1v) is 8.06. The minimum Gasteiger partial charge on any atom is -0.481 e. The van der Waals surface area contributed by atoms with E-state index in [9.17, 15) is 18.0 Å². The van der Waals surface area contributed by atoms with Crippen molar-refractivity contribution in [1.82, 2.24) is 9.80 Å². The van der Waals surface area contributed by atoms with E-state index in [0.717, 1.165) is 0 Å². The van der Waals surface area contributed by atoms with Crippen molar-refractivity contribution in [2.75, 3.05) is 38.5 Å². The van der Waals surface area contributed by atoms with Crippen LogP contribution in [0, 0.1) is 0 Å². The Hall–Kier alpha value is -1.19. The van der Waals surface area contributed by atoms with Gasteiger partial charge in [0.25, 0.3) is 10.1 Å². The van der Waals surface area contributed by atoms with Crippen LogP contribution in [-0.2, 0) is 19.7 Å². The lowest BCUT2D eigenvalue weighted by Crippen LogP contribution is -2.49. The standard InChI is InChI=1S/C11H20N2O6S/c14-10(2-1-3-11(15)16)13-6-4-12(5-7-13)8-9-20(17,18)19/h1-9H2,(H,15,16)(H,17,18,19). The van der Waals surface area contributed by atoms with Crippen LogP contribution in [0.4, 0.5) is 0 Å². The Morgan fingerprint density at radius 2 is 1.65 bits per heavy atom. The second-order valence-corrected chi connectivity index (χ2v) is 6.33. The monoisotopic (exact) mass is 308 g/mol. The van der Waals surface area contributed by atoms with Gasteiger partial charge in [0.15, 0.2) is 0 Å². The number of piperazine rings is 1. The van der Waals surface area contributed by atoms with E-state index in [2.05, 4.69) is 0 Å². The van der Waals surface area contributed by atoms with Gasteiger partial charge in [-0.1, -0.05) is 0 Å². The first kappa shape index (κ1) is 16.9. The van der Waals surface area contributed by atoms with Gasteiger partial charge >= 0.3 is 5.97 Å². The zero-order valence-electron chi connectivity index (χ0n) is 11.2. The molecule has 1 saturated heterocycles. The van der Waals surface area contributed by atoms with E-state index in [1.807, 2.05) is 4.90 Å². The molecule has 2 N–H and O–H groups in total. The fraction of sp³-hybridized carbons (Fsp3) is 0.818. The topological polar surface area (TPSA) is 115 Å². The molecule has 0 radical (unpaired) electrons. The van der Waals surface area contributed by atoms with Gasteiger partial charge in [-0.15, -0.1) is 0 Å². The van der Waals surface area contributed by atoms with Gasteiger partial charge in [-0.05, 0) is 6.42 Å². The normalized spacial score (nSPS) is 17.1. The molecule has 1 aliphatic heterocycles. The summed E-state index contributed by atoms with van der Waals surface area (Å²) in [6.07, 6.45) is 0.536. The Balaban J connectivity index is 2.24. The molecule has 0 saturated carbocycles. The van der Waals surface area contributed by atoms with Crippen LogP contribution in [0.25, 0.3) is 0 Å². The van der Waals surface area contributed by atoms with Crippen LogP contribution in [0.5, 0.6) is 0 Å². The van der Waals surface area contributed by atoms with Gasteiger partial charge in [0.05, 0.1) is 5.75 Å². The molecule has 1 amide bonds. The van der Waals surface area contributed by atoms with Gasteiger partial charge < -0.3 is 10.0 Å². The minimum absolute atomic E-state index is 0.0138. The third-order valence-corrected chi connectivity index (χ3v) is 3.87. The number of hydrogen-bond acceptors (Lipinski definition) is 5. The number of carbonyl (C=O) groups is 2. The van der Waals surface area contributed by atoms with Crippen LogP contribution in [0.1, 0.15) is 19.3 Å². The van der Waals surface area contributed by atoms with Crippen molar-refractivity contribution in [1.29, 1.82) is 0 Å². The molecule has 116 valence electrons. The van der Waals surface area contributed by atoms with Crippen LogP contribution in [-0.4, -0.2) is 78.2 Å². The number of carbonyl (C=O) groups excluding carboxylic acids is 1. The third-order valence-electron chi connectivity index (χ3n) is 3.17. The summed E-state index contributed by atoms with van der Waals surface area (Å²) in [5.74, 6) is -1.28. The fourth-order valence-electron chi connectivity index (χ4n) is 2.01. The molecule has 0 aliphatic carbocycles. The third kappa shape index (κ3) is 6.83. The van der Waals surface area contributed by atoms with Gasteiger partial charge in [-0.25, -0.2) is 0 Å². The Labute approximate surface area is 118 Å². The van der Waals surface area contributed by atoms with E-state index < -0.39 is 16.1 Å². The quantitative estimate of drug-likeness (QED) is 0.596. The molecule has 1 heterocycles. The smallest absolute Gasteiger partial charge is 0.303 e. The van der Waals surface area contributed by atoms with Crippen molar-refractivity contribution < 1.29 is 27.7 Å². The maximum Gasteiger partial charge on any atom is 0.303 e. The predicted molar refractivity (Wildman–Crippen MR) is 70.9 cm³/mol. The van der Waals surface area contributed by atoms with Crippen molar-refractivity contribution in [3.63, 3.8) is 0 Å². The number of carboxylic acids is 1. The summed E-state index contributed by atoms with van der Waals surface area (Å²) < 4.78 is 29.9. The maximum atomic E-state index is 11.8.